The Hall–Kier alpha value is -3.74. The summed E-state index contributed by atoms with van der Waals surface area (Å²) in [6.07, 6.45) is 3.29. The number of nitrogens with one attached hydrogen (secondary N) is 2. The fourth-order valence-electron chi connectivity index (χ4n) is 4.43. The van der Waals surface area contributed by atoms with Crippen molar-refractivity contribution in [1.29, 1.82) is 0 Å². The van der Waals surface area contributed by atoms with Crippen molar-refractivity contribution in [3.05, 3.63) is 77.1 Å². The monoisotopic (exact) mass is 455 g/mol. The highest BCUT2D eigenvalue weighted by Gasteiger charge is 2.28. The molecule has 1 aliphatic rings. The van der Waals surface area contributed by atoms with E-state index in [0.717, 1.165) is 51.9 Å². The maximum atomic E-state index is 12.9. The molecule has 2 heterocycles. The lowest BCUT2D eigenvalue weighted by Gasteiger charge is -2.19. The number of hydrogen-bond donors (Lipinski definition) is 2. The van der Waals surface area contributed by atoms with Gasteiger partial charge in [0.1, 0.15) is 6.04 Å². The van der Waals surface area contributed by atoms with Gasteiger partial charge in [0.25, 0.3) is 0 Å². The van der Waals surface area contributed by atoms with E-state index >= 15 is 0 Å². The van der Waals surface area contributed by atoms with Gasteiger partial charge in [-0.1, -0.05) is 42.5 Å². The van der Waals surface area contributed by atoms with Crippen LogP contribution >= 0.6 is 0 Å². The number of rotatable bonds is 8. The average Bonchev–Trinajstić information content (AvgIpc) is 3.57. The molecule has 1 unspecified atom stereocenters. The van der Waals surface area contributed by atoms with Crippen molar-refractivity contribution < 1.29 is 9.59 Å². The van der Waals surface area contributed by atoms with E-state index in [0.29, 0.717) is 12.8 Å². The van der Waals surface area contributed by atoms with Crippen LogP contribution in [0.4, 0.5) is 0 Å². The zero-order valence-corrected chi connectivity index (χ0v) is 19.5. The molecule has 2 N–H and O–H groups in total. The first-order chi connectivity index (χ1) is 16.5. The smallest absolute Gasteiger partial charge is 0.243 e. The number of benzene rings is 2. The number of hydrogen-bond acceptors (Lipinski definition) is 4. The van der Waals surface area contributed by atoms with E-state index in [2.05, 4.69) is 10.6 Å². The van der Waals surface area contributed by atoms with Crippen LogP contribution in [0, 0.1) is 13.8 Å². The third kappa shape index (κ3) is 4.64. The Kier molecular flexibility index (Phi) is 6.01. The summed E-state index contributed by atoms with van der Waals surface area (Å²) in [5.74, 6) is -0.255. The molecule has 1 atom stereocenters. The summed E-state index contributed by atoms with van der Waals surface area (Å²) in [4.78, 5) is 30.5. The zero-order chi connectivity index (χ0) is 23.7. The van der Waals surface area contributed by atoms with E-state index in [1.165, 1.54) is 0 Å². The van der Waals surface area contributed by atoms with E-state index in [1.54, 1.807) is 0 Å². The van der Waals surface area contributed by atoms with Gasteiger partial charge in [-0.05, 0) is 56.4 Å². The van der Waals surface area contributed by atoms with Crippen LogP contribution < -0.4 is 10.6 Å². The SMILES string of the molecule is Cc1nc2c3ccccc3nn2c(C)c1CCC(=O)NC(Cc1ccccc1)C(=O)NC1CC1. The predicted molar refractivity (Wildman–Crippen MR) is 132 cm³/mol. The second-order valence-corrected chi connectivity index (χ2v) is 9.11. The molecule has 0 spiro atoms. The minimum absolute atomic E-state index is 0.113. The van der Waals surface area contributed by atoms with Crippen LogP contribution in [0.1, 0.15) is 41.8 Å². The summed E-state index contributed by atoms with van der Waals surface area (Å²) in [5, 5.41) is 11.7. The Morgan fingerprint density at radius 2 is 1.79 bits per heavy atom. The Morgan fingerprint density at radius 1 is 1.06 bits per heavy atom. The van der Waals surface area contributed by atoms with Crippen LogP contribution in [0.25, 0.3) is 16.6 Å². The normalized spacial score (nSPS) is 14.3. The van der Waals surface area contributed by atoms with Crippen molar-refractivity contribution in [3.63, 3.8) is 0 Å². The van der Waals surface area contributed by atoms with Gasteiger partial charge >= 0.3 is 0 Å². The quantitative estimate of drug-likeness (QED) is 0.426. The van der Waals surface area contributed by atoms with Crippen LogP contribution in [-0.4, -0.2) is 38.5 Å². The molecule has 7 heteroatoms. The van der Waals surface area contributed by atoms with E-state index in [1.807, 2.05) is 73.0 Å². The largest absolute Gasteiger partial charge is 0.352 e. The molecule has 2 aromatic heterocycles. The number of carbonyl (C=O) groups is 2. The summed E-state index contributed by atoms with van der Waals surface area (Å²) in [7, 11) is 0. The Bertz CT molecular complexity index is 1360. The first-order valence-corrected chi connectivity index (χ1v) is 11.9. The lowest BCUT2D eigenvalue weighted by molar-refractivity contribution is -0.129. The highest BCUT2D eigenvalue weighted by molar-refractivity contribution is 5.92. The van der Waals surface area contributed by atoms with Crippen molar-refractivity contribution in [1.82, 2.24) is 25.2 Å². The topological polar surface area (TPSA) is 88.4 Å². The number of aryl methyl sites for hydroxylation is 2. The van der Waals surface area contributed by atoms with Gasteiger partial charge in [0.15, 0.2) is 5.65 Å². The van der Waals surface area contributed by atoms with Crippen LogP contribution in [0.3, 0.4) is 0 Å². The van der Waals surface area contributed by atoms with Crippen LogP contribution in [0.2, 0.25) is 0 Å². The molecule has 7 nitrogen and oxygen atoms in total. The molecule has 2 aromatic carbocycles. The summed E-state index contributed by atoms with van der Waals surface area (Å²) in [5.41, 5.74) is 5.65. The lowest BCUT2D eigenvalue weighted by Crippen LogP contribution is -2.48. The van der Waals surface area contributed by atoms with Crippen LogP contribution in [0.5, 0.6) is 0 Å². The minimum Gasteiger partial charge on any atom is -0.352 e. The molecule has 34 heavy (non-hydrogen) atoms. The van der Waals surface area contributed by atoms with Gasteiger partial charge in [0, 0.05) is 35.7 Å². The molecular formula is C27H29N5O2. The van der Waals surface area contributed by atoms with Gasteiger partial charge in [0.05, 0.1) is 5.52 Å². The van der Waals surface area contributed by atoms with Crippen molar-refractivity contribution in [2.24, 2.45) is 0 Å². The highest BCUT2D eigenvalue weighted by atomic mass is 16.2. The predicted octanol–water partition coefficient (Wildman–Crippen LogP) is 3.44. The Balaban J connectivity index is 1.31. The second kappa shape index (κ2) is 9.25. The zero-order valence-electron chi connectivity index (χ0n) is 19.5. The molecule has 0 aliphatic heterocycles. The van der Waals surface area contributed by atoms with Gasteiger partial charge in [-0.3, -0.25) is 9.59 Å². The molecule has 4 aromatic rings. The van der Waals surface area contributed by atoms with Gasteiger partial charge in [-0.15, -0.1) is 0 Å². The molecule has 1 saturated carbocycles. The summed E-state index contributed by atoms with van der Waals surface area (Å²) in [6.45, 7) is 3.99. The second-order valence-electron chi connectivity index (χ2n) is 9.11. The number of aromatic nitrogens is 3. The first kappa shape index (κ1) is 22.1. The lowest BCUT2D eigenvalue weighted by atomic mass is 10.0. The van der Waals surface area contributed by atoms with Gasteiger partial charge in [-0.25, -0.2) is 9.50 Å². The maximum Gasteiger partial charge on any atom is 0.243 e. The standard InChI is InChI=1S/C27H29N5O2/c1-17-21(18(2)32-26(28-17)22-10-6-7-11-23(22)31-32)14-15-25(33)30-24(27(34)29-20-12-13-20)16-19-8-4-3-5-9-19/h3-11,20,24H,12-16H2,1-2H3,(H,29,34)(H,30,33). The summed E-state index contributed by atoms with van der Waals surface area (Å²) < 4.78 is 1.87. The van der Waals surface area contributed by atoms with Gasteiger partial charge < -0.3 is 10.6 Å². The minimum atomic E-state index is -0.588. The molecule has 1 aliphatic carbocycles. The molecule has 0 saturated heterocycles. The molecule has 1 fully saturated rings. The van der Waals surface area contributed by atoms with Crippen molar-refractivity contribution in [2.75, 3.05) is 0 Å². The number of fused-ring (bicyclic) bond motifs is 3. The molecule has 0 radical (unpaired) electrons. The van der Waals surface area contributed by atoms with Gasteiger partial charge in [0.2, 0.25) is 11.8 Å². The van der Waals surface area contributed by atoms with Crippen LogP contribution in [0.15, 0.2) is 54.6 Å². The van der Waals surface area contributed by atoms with E-state index < -0.39 is 6.04 Å². The maximum absolute atomic E-state index is 12.9. The summed E-state index contributed by atoms with van der Waals surface area (Å²) in [6, 6.07) is 17.4. The van der Waals surface area contributed by atoms with E-state index in [9.17, 15) is 9.59 Å². The molecule has 5 rings (SSSR count). The van der Waals surface area contributed by atoms with E-state index in [-0.39, 0.29) is 24.3 Å². The Labute approximate surface area is 198 Å². The molecular weight excluding hydrogens is 426 g/mol. The first-order valence-electron chi connectivity index (χ1n) is 11.9. The number of amides is 2. The Morgan fingerprint density at radius 3 is 2.56 bits per heavy atom. The molecule has 0 bridgehead atoms. The third-order valence-electron chi connectivity index (χ3n) is 6.48. The van der Waals surface area contributed by atoms with Gasteiger partial charge in [-0.2, -0.15) is 5.10 Å². The highest BCUT2D eigenvalue weighted by Crippen LogP contribution is 2.23. The number of carbonyl (C=O) groups excluding carboxylic acids is 2. The molecule has 174 valence electrons. The fraction of sp³-hybridized carbons (Fsp3) is 0.333. The van der Waals surface area contributed by atoms with Crippen LogP contribution in [-0.2, 0) is 22.4 Å². The van der Waals surface area contributed by atoms with Crippen molar-refractivity contribution in [2.45, 2.75) is 58.0 Å². The molecule has 2 amide bonds. The number of nitrogens with zero attached hydrogens (tertiary/aromatic N) is 3. The summed E-state index contributed by atoms with van der Waals surface area (Å²) >= 11 is 0. The van der Waals surface area contributed by atoms with E-state index in [4.69, 9.17) is 10.1 Å². The fourth-order valence-corrected chi connectivity index (χ4v) is 4.43. The average molecular weight is 456 g/mol. The third-order valence-corrected chi connectivity index (χ3v) is 6.48. The van der Waals surface area contributed by atoms with Crippen molar-refractivity contribution >= 4 is 28.4 Å². The van der Waals surface area contributed by atoms with Crippen molar-refractivity contribution in [3.8, 4) is 0 Å².